The third-order valence-electron chi connectivity index (χ3n) is 10.5. The number of carbonyl (C=O) groups is 6. The summed E-state index contributed by atoms with van der Waals surface area (Å²) >= 11 is -12.7. The van der Waals surface area contributed by atoms with Crippen LogP contribution in [-0.4, -0.2) is 103 Å². The van der Waals surface area contributed by atoms with Gasteiger partial charge in [0.1, 0.15) is 0 Å². The van der Waals surface area contributed by atoms with Crippen LogP contribution in [0.2, 0.25) is 0 Å². The van der Waals surface area contributed by atoms with E-state index in [4.69, 9.17) is 16.9 Å². The topological polar surface area (TPSA) is 230 Å². The second-order valence-corrected chi connectivity index (χ2v) is 32.6. The van der Waals surface area contributed by atoms with Crippen molar-refractivity contribution in [3.8, 4) is 34.5 Å². The van der Waals surface area contributed by atoms with Crippen molar-refractivity contribution in [1.29, 1.82) is 0 Å². The Morgan fingerprint density at radius 2 is 0.395 bits per heavy atom. The van der Waals surface area contributed by atoms with E-state index in [0.29, 0.717) is 78.4 Å². The van der Waals surface area contributed by atoms with E-state index < -0.39 is 103 Å². The zero-order chi connectivity index (χ0) is 57.7. The van der Waals surface area contributed by atoms with Gasteiger partial charge in [0.15, 0.2) is 0 Å². The first-order valence-corrected chi connectivity index (χ1v) is 37.8. The molecule has 6 amide bonds. The summed E-state index contributed by atoms with van der Waals surface area (Å²) in [6, 6.07) is 46.5. The van der Waals surface area contributed by atoms with E-state index in [1.807, 2.05) is 18.2 Å². The third kappa shape index (κ3) is 18.7. The normalized spacial score (nSPS) is 10.4. The van der Waals surface area contributed by atoms with Gasteiger partial charge >= 0.3 is 499 Å². The van der Waals surface area contributed by atoms with Gasteiger partial charge in [-0.25, -0.2) is 0 Å². The van der Waals surface area contributed by atoms with Crippen LogP contribution >= 0.6 is 0 Å². The van der Waals surface area contributed by atoms with Crippen molar-refractivity contribution >= 4 is 147 Å². The zero-order valence-electron chi connectivity index (χ0n) is 43.0. The molecule has 0 aliphatic rings. The molecule has 0 aliphatic carbocycles. The first-order chi connectivity index (χ1) is 39.2. The number of rotatable bonds is 27. The molecule has 0 saturated carbocycles. The van der Waals surface area contributed by atoms with E-state index in [-0.39, 0.29) is 0 Å². The van der Waals surface area contributed by atoms with Crippen LogP contribution < -0.4 is 58.6 Å². The average Bonchev–Trinajstić information content (AvgIpc) is 3.50. The molecule has 7 rings (SSSR count). The third-order valence-corrected chi connectivity index (χ3v) is 27.2. The second-order valence-electron chi connectivity index (χ2n) is 16.3. The summed E-state index contributed by atoms with van der Waals surface area (Å²) < 4.78 is 43.6. The van der Waals surface area contributed by atoms with Crippen LogP contribution in [0.1, 0.15) is 0 Å². The monoisotopic (exact) mass is 1670 g/mol. The van der Waals surface area contributed by atoms with Gasteiger partial charge in [-0.3, -0.25) is 0 Å². The number of hydrogen-bond donors (Lipinski definition) is 6. The van der Waals surface area contributed by atoms with E-state index in [1.165, 1.54) is 0 Å². The molecule has 18 nitrogen and oxygen atoms in total. The molecule has 7 aromatic carbocycles. The Kier molecular flexibility index (Phi) is 22.2. The average molecular weight is 1680 g/mol. The molecule has 0 heterocycles. The van der Waals surface area contributed by atoms with E-state index in [0.717, 1.165) is 36.5 Å². The summed E-state index contributed by atoms with van der Waals surface area (Å²) in [5.74, 6) is 0.152. The number of carbonyl (C=O) groups excluding carboxylic acids is 6. The Morgan fingerprint density at radius 3 is 0.519 bits per heavy atom. The fourth-order valence-electron chi connectivity index (χ4n) is 6.60. The molecule has 21 heteroatoms. The van der Waals surface area contributed by atoms with Crippen LogP contribution in [0.5, 0.6) is 34.5 Å². The van der Waals surface area contributed by atoms with Crippen molar-refractivity contribution in [2.24, 2.45) is 0 Å². The molecule has 6 N–H and O–H groups in total. The molecule has 0 saturated heterocycles. The van der Waals surface area contributed by atoms with Gasteiger partial charge in [0, 0.05) is 0 Å². The first kappa shape index (κ1) is 59.9. The van der Waals surface area contributed by atoms with E-state index in [1.54, 1.807) is 146 Å². The van der Waals surface area contributed by atoms with Crippen LogP contribution in [0.4, 0.5) is 34.1 Å². The number of hydrogen-bond acceptors (Lipinski definition) is 12. The Bertz CT molecular complexity index is 2880. The first-order valence-electron chi connectivity index (χ1n) is 24.1. The molecule has 0 aliphatic heterocycles. The van der Waals surface area contributed by atoms with Gasteiger partial charge in [-0.15, -0.1) is 0 Å². The minimum absolute atomic E-state index is 0.396. The molecule has 0 atom stereocenters. The van der Waals surface area contributed by atoms with Crippen LogP contribution in [0, 0.1) is 0 Å². The molecule has 0 bridgehead atoms. The van der Waals surface area contributed by atoms with Crippen LogP contribution in [-0.2, 0) is 28.8 Å². The molecule has 81 heavy (non-hydrogen) atoms. The van der Waals surface area contributed by atoms with E-state index in [9.17, 15) is 28.8 Å². The fourth-order valence-corrected chi connectivity index (χ4v) is 27.6. The van der Waals surface area contributed by atoms with Gasteiger partial charge in [0.05, 0.1) is 0 Å². The predicted molar refractivity (Wildman–Crippen MR) is 318 cm³/mol. The van der Waals surface area contributed by atoms with Crippen molar-refractivity contribution in [3.05, 3.63) is 240 Å². The predicted octanol–water partition coefficient (Wildman–Crippen LogP) is 7.99. The van der Waals surface area contributed by atoms with Gasteiger partial charge in [-0.2, -0.15) is 0 Å². The van der Waals surface area contributed by atoms with Crippen molar-refractivity contribution in [3.63, 3.8) is 0 Å². The quantitative estimate of drug-likeness (QED) is 0.0213. The number of anilines is 6. The molecule has 0 fully saturated rings. The fraction of sp³-hybridized carbons (Fsp3) is 0. The van der Waals surface area contributed by atoms with Gasteiger partial charge < -0.3 is 0 Å². The van der Waals surface area contributed by atoms with Crippen molar-refractivity contribution in [1.82, 2.24) is 0 Å². The molecule has 0 radical (unpaired) electrons. The van der Waals surface area contributed by atoms with E-state index in [2.05, 4.69) is 71.4 Å². The summed E-state index contributed by atoms with van der Waals surface area (Å²) in [5, 5.41) is 16.5. The Balaban J connectivity index is 1.42. The Hall–Kier alpha value is -8.75. The summed E-state index contributed by atoms with van der Waals surface area (Å²) in [6.45, 7) is 21.2. The number of amides is 6. The van der Waals surface area contributed by atoms with Gasteiger partial charge in [0.25, 0.3) is 0 Å². The molecule has 408 valence electrons. The van der Waals surface area contributed by atoms with Crippen LogP contribution in [0.3, 0.4) is 0 Å². The van der Waals surface area contributed by atoms with Crippen LogP contribution in [0.25, 0.3) is 0 Å². The SMILES string of the molecule is C=CC(=O)Nc1ccc([O][Bi]([O]c2ccc(NC(=O)C=C)cc2)[c]2c[c]([Bi]([O]c3ccc(NC(=O)C=C)cc3)[O]c3ccc(NC(=O)C=C)cc3)c[c]([Bi]([O]c3ccc(NC(=O)C=C)cc3)[O]c3ccc(NC(=O)C=C)cc3)c2)cc1. The van der Waals surface area contributed by atoms with Gasteiger partial charge in [0.2, 0.25) is 0 Å². The summed E-state index contributed by atoms with van der Waals surface area (Å²) in [4.78, 5) is 73.3. The molecular weight excluding hydrogens is 1620 g/mol. The molecule has 0 unspecified atom stereocenters. The van der Waals surface area contributed by atoms with Gasteiger partial charge in [-0.1, -0.05) is 0 Å². The molecular formula is C60H51Bi3N6O12. The molecule has 0 spiro atoms. The summed E-state index contributed by atoms with van der Waals surface area (Å²) in [6.07, 6.45) is 6.97. The number of nitrogens with one attached hydrogen (secondary N) is 6. The standard InChI is InChI=1S/6C9H9NO2.C6H3.3Bi/c6*1-2-9(12)10-7-3-5-8(11)6-4-7;1-2-4-6-5-3-1;;;/h6*2-6,11H,1H2,(H,10,12);1,4-5H;;;/q;;;;;;;3*+2/p-6. The van der Waals surface area contributed by atoms with E-state index >= 15 is 0 Å². The summed E-state index contributed by atoms with van der Waals surface area (Å²) in [7, 11) is 0. The molecule has 0 aromatic heterocycles. The zero-order valence-corrected chi connectivity index (χ0v) is 53.5. The second kappa shape index (κ2) is 30.0. The van der Waals surface area contributed by atoms with Crippen molar-refractivity contribution < 1.29 is 45.6 Å². The van der Waals surface area contributed by atoms with Crippen molar-refractivity contribution in [2.75, 3.05) is 31.9 Å². The maximum absolute atomic E-state index is 12.2. The Labute approximate surface area is 494 Å². The number of benzene rings is 7. The maximum atomic E-state index is 12.2. The van der Waals surface area contributed by atoms with Crippen LogP contribution in [0.15, 0.2) is 240 Å². The van der Waals surface area contributed by atoms with Gasteiger partial charge in [-0.05, 0) is 0 Å². The minimum atomic E-state index is -4.22. The summed E-state index contributed by atoms with van der Waals surface area (Å²) in [5.41, 5.74) is 2.98. The van der Waals surface area contributed by atoms with Crippen molar-refractivity contribution in [2.45, 2.75) is 0 Å². The Morgan fingerprint density at radius 1 is 0.259 bits per heavy atom. The molecule has 7 aromatic rings.